The molecular weight excluding hydrogens is 214 g/mol. The van der Waals surface area contributed by atoms with Crippen LogP contribution in [0.5, 0.6) is 11.5 Å². The van der Waals surface area contributed by atoms with Crippen LogP contribution in [0, 0.1) is 13.8 Å². The van der Waals surface area contributed by atoms with Crippen molar-refractivity contribution in [1.29, 1.82) is 0 Å². The molecule has 0 fully saturated rings. The molecule has 3 nitrogen and oxygen atoms in total. The zero-order chi connectivity index (χ0) is 12.8. The maximum atomic E-state index is 5.53. The highest BCUT2D eigenvalue weighted by Crippen LogP contribution is 2.37. The number of methoxy groups -OCH3 is 2. The Morgan fingerprint density at radius 1 is 1.00 bits per heavy atom. The minimum absolute atomic E-state index is 0.740. The van der Waals surface area contributed by atoms with Crippen molar-refractivity contribution in [2.45, 2.75) is 33.1 Å². The first-order valence-corrected chi connectivity index (χ1v) is 6.06. The summed E-state index contributed by atoms with van der Waals surface area (Å²) >= 11 is 0. The Morgan fingerprint density at radius 3 is 2.18 bits per heavy atom. The summed E-state index contributed by atoms with van der Waals surface area (Å²) in [6, 6.07) is 2.15. The number of hydrogen-bond donors (Lipinski definition) is 1. The van der Waals surface area contributed by atoms with Gasteiger partial charge in [0, 0.05) is 5.56 Å². The third kappa shape index (κ3) is 3.13. The van der Waals surface area contributed by atoms with Gasteiger partial charge in [-0.3, -0.25) is 0 Å². The number of rotatable bonds is 6. The third-order valence-electron chi connectivity index (χ3n) is 3.04. The second-order valence-corrected chi connectivity index (χ2v) is 4.30. The predicted molar refractivity (Wildman–Crippen MR) is 71.0 cm³/mol. The molecule has 0 aliphatic heterocycles. The van der Waals surface area contributed by atoms with Crippen molar-refractivity contribution >= 4 is 0 Å². The lowest BCUT2D eigenvalue weighted by molar-refractivity contribution is 0.349. The van der Waals surface area contributed by atoms with Crippen LogP contribution < -0.4 is 15.2 Å². The maximum Gasteiger partial charge on any atom is 0.164 e. The SMILES string of the molecule is COc1c(C)cc(C)c(CCCCN)c1OC. The van der Waals surface area contributed by atoms with Crippen LogP contribution in [0.4, 0.5) is 0 Å². The second kappa shape index (κ2) is 6.50. The van der Waals surface area contributed by atoms with E-state index in [0.29, 0.717) is 0 Å². The first-order valence-electron chi connectivity index (χ1n) is 6.06. The van der Waals surface area contributed by atoms with Crippen LogP contribution >= 0.6 is 0 Å². The molecule has 0 atom stereocenters. The average Bonchev–Trinajstić information content (AvgIpc) is 2.31. The van der Waals surface area contributed by atoms with Crippen molar-refractivity contribution in [1.82, 2.24) is 0 Å². The van der Waals surface area contributed by atoms with Gasteiger partial charge in [0.05, 0.1) is 14.2 Å². The molecule has 3 heteroatoms. The highest BCUT2D eigenvalue weighted by atomic mass is 16.5. The van der Waals surface area contributed by atoms with Gasteiger partial charge in [-0.15, -0.1) is 0 Å². The van der Waals surface area contributed by atoms with Crippen molar-refractivity contribution in [3.63, 3.8) is 0 Å². The smallest absolute Gasteiger partial charge is 0.164 e. The fourth-order valence-corrected chi connectivity index (χ4v) is 2.20. The minimum Gasteiger partial charge on any atom is -0.493 e. The van der Waals surface area contributed by atoms with Gasteiger partial charge >= 0.3 is 0 Å². The highest BCUT2D eigenvalue weighted by Gasteiger charge is 2.15. The summed E-state index contributed by atoms with van der Waals surface area (Å²) < 4.78 is 10.9. The van der Waals surface area contributed by atoms with E-state index in [1.54, 1.807) is 14.2 Å². The molecular formula is C14H23NO2. The summed E-state index contributed by atoms with van der Waals surface area (Å²) in [5.74, 6) is 1.72. The van der Waals surface area contributed by atoms with E-state index in [2.05, 4.69) is 13.0 Å². The van der Waals surface area contributed by atoms with Crippen molar-refractivity contribution in [2.75, 3.05) is 20.8 Å². The molecule has 0 bridgehead atoms. The molecule has 1 rings (SSSR count). The number of benzene rings is 1. The van der Waals surface area contributed by atoms with Gasteiger partial charge < -0.3 is 15.2 Å². The molecule has 0 aliphatic rings. The number of aryl methyl sites for hydroxylation is 2. The Kier molecular flexibility index (Phi) is 5.29. The fourth-order valence-electron chi connectivity index (χ4n) is 2.20. The molecule has 2 N–H and O–H groups in total. The molecule has 0 saturated carbocycles. The predicted octanol–water partition coefficient (Wildman–Crippen LogP) is 2.60. The third-order valence-corrected chi connectivity index (χ3v) is 3.04. The van der Waals surface area contributed by atoms with Gasteiger partial charge in [0.2, 0.25) is 0 Å². The van der Waals surface area contributed by atoms with E-state index in [9.17, 15) is 0 Å². The van der Waals surface area contributed by atoms with Crippen molar-refractivity contribution < 1.29 is 9.47 Å². The van der Waals surface area contributed by atoms with Crippen LogP contribution in [0.25, 0.3) is 0 Å². The molecule has 0 aliphatic carbocycles. The summed E-state index contributed by atoms with van der Waals surface area (Å²) in [7, 11) is 3.38. The zero-order valence-corrected chi connectivity index (χ0v) is 11.3. The first-order chi connectivity index (χ1) is 8.15. The van der Waals surface area contributed by atoms with E-state index in [-0.39, 0.29) is 0 Å². The van der Waals surface area contributed by atoms with Crippen LogP contribution in [0.2, 0.25) is 0 Å². The van der Waals surface area contributed by atoms with Gasteiger partial charge in [-0.1, -0.05) is 6.07 Å². The quantitative estimate of drug-likeness (QED) is 0.773. The Hall–Kier alpha value is -1.22. The zero-order valence-electron chi connectivity index (χ0n) is 11.3. The van der Waals surface area contributed by atoms with Gasteiger partial charge in [0.15, 0.2) is 11.5 Å². The van der Waals surface area contributed by atoms with Crippen LogP contribution in [0.3, 0.4) is 0 Å². The minimum atomic E-state index is 0.740. The molecule has 0 heterocycles. The molecule has 0 spiro atoms. The monoisotopic (exact) mass is 237 g/mol. The second-order valence-electron chi connectivity index (χ2n) is 4.30. The lowest BCUT2D eigenvalue weighted by Crippen LogP contribution is -2.03. The lowest BCUT2D eigenvalue weighted by atomic mass is 9.98. The van der Waals surface area contributed by atoms with E-state index in [1.807, 2.05) is 6.92 Å². The number of unbranched alkanes of at least 4 members (excludes halogenated alkanes) is 1. The Bertz CT molecular complexity index is 375. The van der Waals surface area contributed by atoms with Gasteiger partial charge in [0.1, 0.15) is 0 Å². The summed E-state index contributed by atoms with van der Waals surface area (Å²) in [6.45, 7) is 4.90. The largest absolute Gasteiger partial charge is 0.493 e. The molecule has 17 heavy (non-hydrogen) atoms. The Balaban J connectivity index is 3.08. The molecule has 0 radical (unpaired) electrons. The van der Waals surface area contributed by atoms with Gasteiger partial charge in [0.25, 0.3) is 0 Å². The fraction of sp³-hybridized carbons (Fsp3) is 0.571. The number of nitrogens with two attached hydrogens (primary N) is 1. The van der Waals surface area contributed by atoms with E-state index in [1.165, 1.54) is 11.1 Å². The van der Waals surface area contributed by atoms with Crippen LogP contribution in [-0.4, -0.2) is 20.8 Å². The van der Waals surface area contributed by atoms with E-state index < -0.39 is 0 Å². The Morgan fingerprint density at radius 2 is 1.65 bits per heavy atom. The average molecular weight is 237 g/mol. The van der Waals surface area contributed by atoms with E-state index in [0.717, 1.165) is 42.9 Å². The van der Waals surface area contributed by atoms with Crippen LogP contribution in [0.1, 0.15) is 29.5 Å². The summed E-state index contributed by atoms with van der Waals surface area (Å²) in [4.78, 5) is 0. The van der Waals surface area contributed by atoms with Gasteiger partial charge in [-0.2, -0.15) is 0 Å². The van der Waals surface area contributed by atoms with Crippen LogP contribution in [0.15, 0.2) is 6.07 Å². The van der Waals surface area contributed by atoms with Crippen LogP contribution in [-0.2, 0) is 6.42 Å². The highest BCUT2D eigenvalue weighted by molar-refractivity contribution is 5.55. The van der Waals surface area contributed by atoms with Gasteiger partial charge in [-0.05, 0) is 50.8 Å². The molecule has 0 amide bonds. The van der Waals surface area contributed by atoms with Crippen molar-refractivity contribution in [3.8, 4) is 11.5 Å². The first kappa shape index (κ1) is 13.8. The molecule has 1 aromatic carbocycles. The van der Waals surface area contributed by atoms with E-state index in [4.69, 9.17) is 15.2 Å². The molecule has 0 aromatic heterocycles. The molecule has 0 unspecified atom stereocenters. The summed E-state index contributed by atoms with van der Waals surface area (Å²) in [5, 5.41) is 0. The lowest BCUT2D eigenvalue weighted by Gasteiger charge is -2.17. The summed E-state index contributed by atoms with van der Waals surface area (Å²) in [5.41, 5.74) is 9.14. The number of ether oxygens (including phenoxy) is 2. The van der Waals surface area contributed by atoms with E-state index >= 15 is 0 Å². The maximum absolute atomic E-state index is 5.53. The van der Waals surface area contributed by atoms with Gasteiger partial charge in [-0.25, -0.2) is 0 Å². The topological polar surface area (TPSA) is 44.5 Å². The summed E-state index contributed by atoms with van der Waals surface area (Å²) in [6.07, 6.45) is 3.11. The molecule has 0 saturated heterocycles. The molecule has 96 valence electrons. The standard InChI is InChI=1S/C14H23NO2/c1-10-9-11(2)13(16-3)14(17-4)12(10)7-5-6-8-15/h9H,5-8,15H2,1-4H3. The Labute approximate surface area is 104 Å². The number of hydrogen-bond acceptors (Lipinski definition) is 3. The normalized spacial score (nSPS) is 10.4. The van der Waals surface area contributed by atoms with Crippen molar-refractivity contribution in [3.05, 3.63) is 22.8 Å². The molecule has 1 aromatic rings. The van der Waals surface area contributed by atoms with Crippen molar-refractivity contribution in [2.24, 2.45) is 5.73 Å².